The van der Waals surface area contributed by atoms with Crippen molar-refractivity contribution in [1.82, 2.24) is 0 Å². The predicted molar refractivity (Wildman–Crippen MR) is 83.5 cm³/mol. The highest BCUT2D eigenvalue weighted by atomic mass is 79.9. The van der Waals surface area contributed by atoms with E-state index in [1.54, 1.807) is 49.5 Å². The van der Waals surface area contributed by atoms with Gasteiger partial charge in [-0.3, -0.25) is 9.59 Å². The molecule has 0 heterocycles. The molecule has 0 saturated carbocycles. The summed E-state index contributed by atoms with van der Waals surface area (Å²) in [4.78, 5) is 24.4. The molecule has 20 heavy (non-hydrogen) atoms. The topological polar surface area (TPSA) is 37.4 Å². The SMILES string of the molecule is CN(C=O)c1ccc(C(=O)c2ccc(Br)c(Cl)c2)cc1. The average Bonchev–Trinajstić information content (AvgIpc) is 2.48. The number of hydrogen-bond acceptors (Lipinski definition) is 2. The van der Waals surface area contributed by atoms with Crippen LogP contribution >= 0.6 is 27.5 Å². The summed E-state index contributed by atoms with van der Waals surface area (Å²) in [6.07, 6.45) is 0.714. The van der Waals surface area contributed by atoms with Gasteiger partial charge in [0, 0.05) is 28.3 Å². The van der Waals surface area contributed by atoms with Crippen LogP contribution in [0.4, 0.5) is 5.69 Å². The van der Waals surface area contributed by atoms with Crippen LogP contribution in [0.5, 0.6) is 0 Å². The van der Waals surface area contributed by atoms with E-state index in [1.807, 2.05) is 0 Å². The summed E-state index contributed by atoms with van der Waals surface area (Å²) in [6.45, 7) is 0. The van der Waals surface area contributed by atoms with E-state index in [-0.39, 0.29) is 5.78 Å². The second-order valence-corrected chi connectivity index (χ2v) is 5.48. The molecule has 5 heteroatoms. The molecular formula is C15H11BrClNO2. The van der Waals surface area contributed by atoms with Crippen LogP contribution in [0.1, 0.15) is 15.9 Å². The van der Waals surface area contributed by atoms with Gasteiger partial charge in [-0.1, -0.05) is 11.6 Å². The third-order valence-electron chi connectivity index (χ3n) is 2.88. The maximum Gasteiger partial charge on any atom is 0.213 e. The van der Waals surface area contributed by atoms with Gasteiger partial charge in [0.15, 0.2) is 5.78 Å². The van der Waals surface area contributed by atoms with Crippen LogP contribution in [0.15, 0.2) is 46.9 Å². The zero-order valence-electron chi connectivity index (χ0n) is 10.6. The first kappa shape index (κ1) is 14.8. The standard InChI is InChI=1S/C15H11BrClNO2/c1-18(9-19)12-5-2-10(3-6-12)15(20)11-4-7-13(16)14(17)8-11/h2-9H,1H3. The minimum absolute atomic E-state index is 0.111. The lowest BCUT2D eigenvalue weighted by molar-refractivity contribution is -0.107. The molecule has 0 aliphatic carbocycles. The first-order chi connectivity index (χ1) is 9.52. The third kappa shape index (κ3) is 3.08. The monoisotopic (exact) mass is 351 g/mol. The number of amides is 1. The van der Waals surface area contributed by atoms with E-state index in [0.29, 0.717) is 22.6 Å². The normalized spacial score (nSPS) is 10.2. The number of rotatable bonds is 4. The number of halogens is 2. The smallest absolute Gasteiger partial charge is 0.213 e. The summed E-state index contributed by atoms with van der Waals surface area (Å²) in [5, 5.41) is 0.494. The molecule has 0 unspecified atom stereocenters. The molecule has 0 radical (unpaired) electrons. The van der Waals surface area contributed by atoms with Gasteiger partial charge in [0.1, 0.15) is 0 Å². The third-order valence-corrected chi connectivity index (χ3v) is 4.11. The van der Waals surface area contributed by atoms with Gasteiger partial charge in [0.2, 0.25) is 6.41 Å². The van der Waals surface area contributed by atoms with E-state index in [4.69, 9.17) is 11.6 Å². The summed E-state index contributed by atoms with van der Waals surface area (Å²) in [6, 6.07) is 11.9. The summed E-state index contributed by atoms with van der Waals surface area (Å²) in [7, 11) is 1.65. The number of carbonyl (C=O) groups excluding carboxylic acids is 2. The molecule has 0 N–H and O–H groups in total. The van der Waals surface area contributed by atoms with E-state index < -0.39 is 0 Å². The minimum atomic E-state index is -0.111. The van der Waals surface area contributed by atoms with Crippen LogP contribution < -0.4 is 4.90 Å². The lowest BCUT2D eigenvalue weighted by atomic mass is 10.0. The van der Waals surface area contributed by atoms with Gasteiger partial charge < -0.3 is 4.90 Å². The highest BCUT2D eigenvalue weighted by Gasteiger charge is 2.11. The zero-order chi connectivity index (χ0) is 14.7. The second kappa shape index (κ2) is 6.20. The molecule has 1 amide bonds. The van der Waals surface area contributed by atoms with Crippen LogP contribution in [0.25, 0.3) is 0 Å². The van der Waals surface area contributed by atoms with Gasteiger partial charge in [-0.2, -0.15) is 0 Å². The van der Waals surface area contributed by atoms with Crippen molar-refractivity contribution < 1.29 is 9.59 Å². The molecule has 102 valence electrons. The number of benzene rings is 2. The first-order valence-corrected chi connectivity index (χ1v) is 6.98. The van der Waals surface area contributed by atoms with Crippen LogP contribution in [0, 0.1) is 0 Å². The Hall–Kier alpha value is -1.65. The molecule has 3 nitrogen and oxygen atoms in total. The molecule has 0 saturated heterocycles. The van der Waals surface area contributed by atoms with Crippen LogP contribution in [0.3, 0.4) is 0 Å². The fraction of sp³-hybridized carbons (Fsp3) is 0.0667. The Labute approximate surface area is 130 Å². The predicted octanol–water partition coefficient (Wildman–Crippen LogP) is 3.93. The lowest BCUT2D eigenvalue weighted by Gasteiger charge is -2.11. The van der Waals surface area contributed by atoms with Crippen molar-refractivity contribution in [2.24, 2.45) is 0 Å². The molecule has 0 aliphatic rings. The summed E-state index contributed by atoms with van der Waals surface area (Å²) in [5.74, 6) is -0.111. The number of hydrogen-bond donors (Lipinski definition) is 0. The first-order valence-electron chi connectivity index (χ1n) is 5.81. The van der Waals surface area contributed by atoms with E-state index in [0.717, 1.165) is 10.2 Å². The van der Waals surface area contributed by atoms with E-state index in [1.165, 1.54) is 4.90 Å². The van der Waals surface area contributed by atoms with E-state index in [2.05, 4.69) is 15.9 Å². The molecule has 0 atom stereocenters. The van der Waals surface area contributed by atoms with Crippen molar-refractivity contribution in [3.63, 3.8) is 0 Å². The Kier molecular flexibility index (Phi) is 4.57. The average molecular weight is 353 g/mol. The second-order valence-electron chi connectivity index (χ2n) is 4.22. The summed E-state index contributed by atoms with van der Waals surface area (Å²) in [5.41, 5.74) is 1.80. The molecule has 0 aliphatic heterocycles. The van der Waals surface area contributed by atoms with Gasteiger partial charge >= 0.3 is 0 Å². The molecule has 0 spiro atoms. The van der Waals surface area contributed by atoms with Crippen LogP contribution in [-0.2, 0) is 4.79 Å². The Morgan fingerprint density at radius 1 is 1.15 bits per heavy atom. The Morgan fingerprint density at radius 3 is 2.30 bits per heavy atom. The van der Waals surface area contributed by atoms with Gasteiger partial charge in [0.25, 0.3) is 0 Å². The van der Waals surface area contributed by atoms with Gasteiger partial charge in [-0.05, 0) is 58.4 Å². The molecular weight excluding hydrogens is 342 g/mol. The highest BCUT2D eigenvalue weighted by molar-refractivity contribution is 9.10. The van der Waals surface area contributed by atoms with Gasteiger partial charge in [-0.25, -0.2) is 0 Å². The number of carbonyl (C=O) groups is 2. The van der Waals surface area contributed by atoms with Crippen molar-refractivity contribution in [3.05, 3.63) is 63.1 Å². The lowest BCUT2D eigenvalue weighted by Crippen LogP contribution is -2.13. The van der Waals surface area contributed by atoms with Crippen molar-refractivity contribution in [2.75, 3.05) is 11.9 Å². The Bertz CT molecular complexity index is 655. The highest BCUT2D eigenvalue weighted by Crippen LogP contribution is 2.24. The molecule has 2 rings (SSSR count). The van der Waals surface area contributed by atoms with E-state index in [9.17, 15) is 9.59 Å². The molecule has 0 fully saturated rings. The fourth-order valence-corrected chi connectivity index (χ4v) is 2.14. The Balaban J connectivity index is 2.29. The van der Waals surface area contributed by atoms with Crippen molar-refractivity contribution in [2.45, 2.75) is 0 Å². The quantitative estimate of drug-likeness (QED) is 0.617. The zero-order valence-corrected chi connectivity index (χ0v) is 13.0. The molecule has 0 bridgehead atoms. The molecule has 0 aromatic heterocycles. The summed E-state index contributed by atoms with van der Waals surface area (Å²) < 4.78 is 0.749. The van der Waals surface area contributed by atoms with E-state index >= 15 is 0 Å². The largest absolute Gasteiger partial charge is 0.318 e. The van der Waals surface area contributed by atoms with Gasteiger partial charge in [-0.15, -0.1) is 0 Å². The van der Waals surface area contributed by atoms with Gasteiger partial charge in [0.05, 0.1) is 5.02 Å². The fourth-order valence-electron chi connectivity index (χ4n) is 1.71. The minimum Gasteiger partial charge on any atom is -0.318 e. The molecule has 2 aromatic rings. The van der Waals surface area contributed by atoms with Crippen molar-refractivity contribution in [1.29, 1.82) is 0 Å². The van der Waals surface area contributed by atoms with Crippen LogP contribution in [0.2, 0.25) is 5.02 Å². The maximum absolute atomic E-state index is 12.3. The molecule has 2 aromatic carbocycles. The number of anilines is 1. The van der Waals surface area contributed by atoms with Crippen molar-refractivity contribution in [3.8, 4) is 0 Å². The number of nitrogens with zero attached hydrogens (tertiary/aromatic N) is 1. The van der Waals surface area contributed by atoms with Crippen molar-refractivity contribution >= 4 is 45.4 Å². The van der Waals surface area contributed by atoms with Crippen LogP contribution in [-0.4, -0.2) is 19.2 Å². The maximum atomic E-state index is 12.3. The number of ketones is 1. The Morgan fingerprint density at radius 2 is 1.75 bits per heavy atom. The summed E-state index contributed by atoms with van der Waals surface area (Å²) >= 11 is 9.27.